The second-order valence-electron chi connectivity index (χ2n) is 7.64. The highest BCUT2D eigenvalue weighted by Gasteiger charge is 2.40. The quantitative estimate of drug-likeness (QED) is 0.321. The smallest absolute Gasteiger partial charge is 0.231 e. The van der Waals surface area contributed by atoms with E-state index in [1.165, 1.54) is 23.9 Å². The first-order valence-electron chi connectivity index (χ1n) is 10.1. The zero-order valence-corrected chi connectivity index (χ0v) is 18.8. The Labute approximate surface area is 193 Å². The number of aromatic nitrogens is 4. The molecule has 1 fully saturated rings. The van der Waals surface area contributed by atoms with Crippen molar-refractivity contribution in [3.8, 4) is 28.7 Å². The number of imidazole rings is 1. The Morgan fingerprint density at radius 1 is 1.30 bits per heavy atom. The molecule has 0 bridgehead atoms. The van der Waals surface area contributed by atoms with E-state index in [0.29, 0.717) is 33.6 Å². The summed E-state index contributed by atoms with van der Waals surface area (Å²) in [5.41, 5.74) is 1.55. The summed E-state index contributed by atoms with van der Waals surface area (Å²) in [7, 11) is 0. The molecule has 1 saturated heterocycles. The van der Waals surface area contributed by atoms with E-state index in [0.717, 1.165) is 0 Å². The average Bonchev–Trinajstić information content (AvgIpc) is 3.29. The highest BCUT2D eigenvalue weighted by Crippen LogP contribution is 2.35. The Hall–Kier alpha value is -3.33. The molecule has 0 spiro atoms. The van der Waals surface area contributed by atoms with Crippen molar-refractivity contribution < 1.29 is 18.7 Å². The number of carbonyl (C=O) groups excluding carboxylic acids is 1. The first-order valence-corrected chi connectivity index (χ1v) is 11.3. The van der Waals surface area contributed by atoms with Crippen molar-refractivity contribution in [2.45, 2.75) is 18.4 Å². The maximum Gasteiger partial charge on any atom is 0.231 e. The Balaban J connectivity index is 1.64. The predicted molar refractivity (Wildman–Crippen MR) is 118 cm³/mol. The van der Waals surface area contributed by atoms with Gasteiger partial charge >= 0.3 is 0 Å². The highest BCUT2D eigenvalue weighted by molar-refractivity contribution is 7.98. The fourth-order valence-corrected chi connectivity index (χ4v) is 3.67. The molecule has 33 heavy (non-hydrogen) atoms. The van der Waals surface area contributed by atoms with Crippen LogP contribution in [0, 0.1) is 22.6 Å². The van der Waals surface area contributed by atoms with Crippen LogP contribution in [0.3, 0.4) is 0 Å². The van der Waals surface area contributed by atoms with Gasteiger partial charge in [-0.1, -0.05) is 11.8 Å². The number of amides is 1. The molecule has 0 unspecified atom stereocenters. The number of hydrogen-bond donors (Lipinski definition) is 2. The van der Waals surface area contributed by atoms with Gasteiger partial charge in [-0.05, 0) is 43.5 Å². The van der Waals surface area contributed by atoms with Crippen LogP contribution in [0.25, 0.3) is 22.6 Å². The minimum absolute atomic E-state index is 0.0843. The van der Waals surface area contributed by atoms with Crippen LogP contribution in [-0.2, 0) is 14.3 Å². The van der Waals surface area contributed by atoms with E-state index in [2.05, 4.69) is 25.3 Å². The number of rotatable bonds is 6. The van der Waals surface area contributed by atoms with Gasteiger partial charge in [0.1, 0.15) is 12.4 Å². The van der Waals surface area contributed by atoms with Crippen LogP contribution < -0.4 is 5.32 Å². The van der Waals surface area contributed by atoms with Gasteiger partial charge in [0.2, 0.25) is 12.2 Å². The van der Waals surface area contributed by atoms with Crippen LogP contribution in [0.15, 0.2) is 41.7 Å². The molecular formula is C22H21FN6O3S. The van der Waals surface area contributed by atoms with Gasteiger partial charge in [0.15, 0.2) is 11.0 Å². The monoisotopic (exact) mass is 468 g/mol. The number of thioether (sulfide) groups is 1. The molecule has 0 atom stereocenters. The molecule has 9 nitrogen and oxygen atoms in total. The molecule has 1 aliphatic heterocycles. The van der Waals surface area contributed by atoms with Crippen molar-refractivity contribution in [2.75, 3.05) is 26.0 Å². The fraction of sp³-hybridized carbons (Fsp3) is 0.318. The standard InChI is InChI=1S/C22H21FN6O3S/c1-22(20(30)25-10-8-24)11-31-19(32-12-22)18-28-16(13-3-5-14(23)6-4-13)17(29-18)15-7-9-26-21(27-15)33-2/h3-7,9,19H,10-12H2,1-2H3,(H,25,30)(H,28,29). The van der Waals surface area contributed by atoms with Crippen molar-refractivity contribution in [1.29, 1.82) is 5.26 Å². The maximum atomic E-state index is 13.5. The number of halogens is 1. The van der Waals surface area contributed by atoms with E-state index >= 15 is 0 Å². The summed E-state index contributed by atoms with van der Waals surface area (Å²) in [6, 6.07) is 9.62. The van der Waals surface area contributed by atoms with E-state index < -0.39 is 11.7 Å². The molecule has 3 aromatic rings. The van der Waals surface area contributed by atoms with Gasteiger partial charge in [-0.25, -0.2) is 19.3 Å². The van der Waals surface area contributed by atoms with Gasteiger partial charge in [0.25, 0.3) is 0 Å². The van der Waals surface area contributed by atoms with Crippen molar-refractivity contribution in [2.24, 2.45) is 5.41 Å². The molecule has 0 radical (unpaired) electrons. The lowest BCUT2D eigenvalue weighted by atomic mass is 9.91. The third kappa shape index (κ3) is 4.88. The van der Waals surface area contributed by atoms with Crippen LogP contribution >= 0.6 is 11.8 Å². The predicted octanol–water partition coefficient (Wildman–Crippen LogP) is 3.09. The van der Waals surface area contributed by atoms with Crippen LogP contribution in [0.2, 0.25) is 0 Å². The molecule has 3 heterocycles. The zero-order chi connectivity index (χ0) is 23.4. The molecule has 11 heteroatoms. The van der Waals surface area contributed by atoms with Gasteiger partial charge in [-0.2, -0.15) is 5.26 Å². The number of ether oxygens (including phenoxy) is 2. The molecule has 0 aliphatic carbocycles. The first-order chi connectivity index (χ1) is 15.9. The normalized spacial score (nSPS) is 20.2. The lowest BCUT2D eigenvalue weighted by molar-refractivity contribution is -0.230. The largest absolute Gasteiger partial charge is 0.345 e. The van der Waals surface area contributed by atoms with Crippen molar-refractivity contribution in [1.82, 2.24) is 25.3 Å². The van der Waals surface area contributed by atoms with E-state index in [1.807, 2.05) is 12.3 Å². The molecule has 2 N–H and O–H groups in total. The maximum absolute atomic E-state index is 13.5. The third-order valence-corrected chi connectivity index (χ3v) is 5.68. The summed E-state index contributed by atoms with van der Waals surface area (Å²) in [6.07, 6.45) is 2.70. The van der Waals surface area contributed by atoms with E-state index in [9.17, 15) is 9.18 Å². The summed E-state index contributed by atoms with van der Waals surface area (Å²) in [5.74, 6) is -0.274. The summed E-state index contributed by atoms with van der Waals surface area (Å²) in [5, 5.41) is 11.8. The van der Waals surface area contributed by atoms with E-state index in [4.69, 9.17) is 14.7 Å². The molecular weight excluding hydrogens is 447 g/mol. The minimum Gasteiger partial charge on any atom is -0.345 e. The number of H-pyrrole nitrogens is 1. The molecule has 1 amide bonds. The first kappa shape index (κ1) is 22.8. The topological polar surface area (TPSA) is 126 Å². The Morgan fingerprint density at radius 2 is 2.03 bits per heavy atom. The van der Waals surface area contributed by atoms with E-state index in [1.54, 1.807) is 31.3 Å². The second-order valence-corrected chi connectivity index (χ2v) is 8.41. The fourth-order valence-electron chi connectivity index (χ4n) is 3.31. The van der Waals surface area contributed by atoms with Crippen molar-refractivity contribution in [3.63, 3.8) is 0 Å². The molecule has 1 aromatic carbocycles. The van der Waals surface area contributed by atoms with Gasteiger partial charge < -0.3 is 19.8 Å². The number of carbonyl (C=O) groups is 1. The van der Waals surface area contributed by atoms with Crippen molar-refractivity contribution >= 4 is 17.7 Å². The number of nitriles is 1. The molecule has 0 saturated carbocycles. The second kappa shape index (κ2) is 9.66. The highest BCUT2D eigenvalue weighted by atomic mass is 32.2. The molecule has 4 rings (SSSR count). The number of benzene rings is 1. The minimum atomic E-state index is -0.928. The number of aromatic amines is 1. The van der Waals surface area contributed by atoms with Gasteiger partial charge in [0.05, 0.1) is 41.8 Å². The van der Waals surface area contributed by atoms with Crippen LogP contribution in [0.5, 0.6) is 0 Å². The lowest BCUT2D eigenvalue weighted by Gasteiger charge is -2.35. The lowest BCUT2D eigenvalue weighted by Crippen LogP contribution is -2.48. The Bertz CT molecular complexity index is 1190. The Morgan fingerprint density at radius 3 is 2.70 bits per heavy atom. The molecule has 170 valence electrons. The molecule has 2 aromatic heterocycles. The summed E-state index contributed by atoms with van der Waals surface area (Å²) in [4.78, 5) is 29.0. The average molecular weight is 469 g/mol. The van der Waals surface area contributed by atoms with Gasteiger partial charge in [-0.3, -0.25) is 4.79 Å². The summed E-state index contributed by atoms with van der Waals surface area (Å²) < 4.78 is 25.2. The van der Waals surface area contributed by atoms with Crippen LogP contribution in [0.4, 0.5) is 4.39 Å². The third-order valence-electron chi connectivity index (χ3n) is 5.12. The Kier molecular flexibility index (Phi) is 6.69. The molecule has 1 aliphatic rings. The van der Waals surface area contributed by atoms with Crippen LogP contribution in [0.1, 0.15) is 19.0 Å². The number of nitrogens with one attached hydrogen (secondary N) is 2. The zero-order valence-electron chi connectivity index (χ0n) is 18.0. The SMILES string of the molecule is CSc1nccc(-c2[nH]c(C3OCC(C)(C(=O)NCC#N)CO3)nc2-c2ccc(F)cc2)n1. The van der Waals surface area contributed by atoms with Crippen LogP contribution in [-0.4, -0.2) is 51.9 Å². The van der Waals surface area contributed by atoms with Gasteiger partial charge in [-0.15, -0.1) is 0 Å². The summed E-state index contributed by atoms with van der Waals surface area (Å²) in [6.45, 7) is 1.79. The van der Waals surface area contributed by atoms with Crippen molar-refractivity contribution in [3.05, 3.63) is 48.2 Å². The summed E-state index contributed by atoms with van der Waals surface area (Å²) >= 11 is 1.41. The number of nitrogens with zero attached hydrogens (tertiary/aromatic N) is 4. The number of hydrogen-bond acceptors (Lipinski definition) is 8. The van der Waals surface area contributed by atoms with Gasteiger partial charge in [0, 0.05) is 11.8 Å². The van der Waals surface area contributed by atoms with E-state index in [-0.39, 0.29) is 31.5 Å².